The molecule has 10 heteroatoms. The molecular formula is C9H10F3N3O3S. The van der Waals surface area contributed by atoms with E-state index >= 15 is 0 Å². The van der Waals surface area contributed by atoms with E-state index in [0.717, 1.165) is 0 Å². The molecule has 19 heavy (non-hydrogen) atoms. The first-order chi connectivity index (χ1) is 8.84. The van der Waals surface area contributed by atoms with Gasteiger partial charge in [0.05, 0.1) is 13.2 Å². The number of nitrogens with zero attached hydrogens (tertiary/aromatic N) is 1. The number of amides is 2. The molecule has 3 N–H and O–H groups in total. The summed E-state index contributed by atoms with van der Waals surface area (Å²) < 4.78 is 36.0. The van der Waals surface area contributed by atoms with Crippen molar-refractivity contribution in [3.63, 3.8) is 0 Å². The molecule has 0 aliphatic carbocycles. The fourth-order valence-electron chi connectivity index (χ4n) is 1.06. The van der Waals surface area contributed by atoms with Crippen LogP contribution in [-0.4, -0.2) is 40.7 Å². The Morgan fingerprint density at radius 3 is 2.63 bits per heavy atom. The number of aliphatic hydroxyl groups excluding tert-OH is 1. The maximum atomic E-state index is 12.0. The van der Waals surface area contributed by atoms with Gasteiger partial charge in [-0.05, 0) is 0 Å². The SMILES string of the molecule is O=C(NCc1nccs1)[C@H](CO)NC(=O)C(F)(F)F. The number of halogens is 3. The van der Waals surface area contributed by atoms with Crippen LogP contribution in [0.5, 0.6) is 0 Å². The first kappa shape index (κ1) is 15.4. The molecule has 0 saturated heterocycles. The Kier molecular flexibility index (Phi) is 5.24. The molecule has 1 aromatic heterocycles. The summed E-state index contributed by atoms with van der Waals surface area (Å²) in [6.45, 7) is -0.930. The molecule has 0 radical (unpaired) electrons. The third-order valence-electron chi connectivity index (χ3n) is 1.96. The van der Waals surface area contributed by atoms with Gasteiger partial charge in [-0.15, -0.1) is 11.3 Å². The fourth-order valence-corrected chi connectivity index (χ4v) is 1.62. The van der Waals surface area contributed by atoms with E-state index in [9.17, 15) is 22.8 Å². The molecule has 0 bridgehead atoms. The Morgan fingerprint density at radius 1 is 1.47 bits per heavy atom. The standard InChI is InChI=1S/C9H10F3N3O3S/c10-9(11,12)8(18)15-5(4-16)7(17)14-3-6-13-1-2-19-6/h1-2,5,16H,3-4H2,(H,14,17)(H,15,18)/t5-/m0/s1. The van der Waals surface area contributed by atoms with Gasteiger partial charge in [0.25, 0.3) is 0 Å². The minimum Gasteiger partial charge on any atom is -0.394 e. The first-order valence-corrected chi connectivity index (χ1v) is 5.87. The van der Waals surface area contributed by atoms with Gasteiger partial charge >= 0.3 is 12.1 Å². The van der Waals surface area contributed by atoms with Gasteiger partial charge in [-0.25, -0.2) is 4.98 Å². The molecule has 0 aliphatic rings. The third-order valence-corrected chi connectivity index (χ3v) is 2.74. The summed E-state index contributed by atoms with van der Waals surface area (Å²) in [5, 5.41) is 14.7. The maximum Gasteiger partial charge on any atom is 0.471 e. The van der Waals surface area contributed by atoms with Crippen LogP contribution in [0.4, 0.5) is 13.2 Å². The van der Waals surface area contributed by atoms with Gasteiger partial charge in [-0.1, -0.05) is 0 Å². The van der Waals surface area contributed by atoms with Crippen molar-refractivity contribution in [2.45, 2.75) is 18.8 Å². The van der Waals surface area contributed by atoms with Crippen LogP contribution >= 0.6 is 11.3 Å². The van der Waals surface area contributed by atoms with Gasteiger partial charge in [0.1, 0.15) is 11.0 Å². The molecule has 0 fully saturated rings. The minimum absolute atomic E-state index is 0.00882. The number of carbonyl (C=O) groups is 2. The number of aromatic nitrogens is 1. The van der Waals surface area contributed by atoms with Crippen LogP contribution in [0.1, 0.15) is 5.01 Å². The molecule has 1 aromatic rings. The Morgan fingerprint density at radius 2 is 2.16 bits per heavy atom. The number of hydrogen-bond donors (Lipinski definition) is 3. The predicted molar refractivity (Wildman–Crippen MR) is 59.0 cm³/mol. The number of nitrogens with one attached hydrogen (secondary N) is 2. The summed E-state index contributed by atoms with van der Waals surface area (Å²) in [7, 11) is 0. The molecule has 0 unspecified atom stereocenters. The van der Waals surface area contributed by atoms with Crippen molar-refractivity contribution in [1.82, 2.24) is 15.6 Å². The Bertz CT molecular complexity index is 436. The second-order valence-electron chi connectivity index (χ2n) is 3.35. The Hall–Kier alpha value is -1.68. The molecule has 0 aliphatic heterocycles. The number of carbonyl (C=O) groups excluding carboxylic acids is 2. The summed E-state index contributed by atoms with van der Waals surface area (Å²) in [5.41, 5.74) is 0. The molecule has 1 rings (SSSR count). The minimum atomic E-state index is -5.11. The van der Waals surface area contributed by atoms with Crippen LogP contribution in [-0.2, 0) is 16.1 Å². The second-order valence-corrected chi connectivity index (χ2v) is 4.33. The molecule has 6 nitrogen and oxygen atoms in total. The lowest BCUT2D eigenvalue weighted by Gasteiger charge is -2.16. The zero-order chi connectivity index (χ0) is 14.5. The molecule has 0 saturated carbocycles. The van der Waals surface area contributed by atoms with Crippen molar-refractivity contribution in [3.8, 4) is 0 Å². The van der Waals surface area contributed by atoms with Crippen molar-refractivity contribution < 1.29 is 27.9 Å². The largest absolute Gasteiger partial charge is 0.471 e. The molecule has 0 aromatic carbocycles. The summed E-state index contributed by atoms with van der Waals surface area (Å²) in [5.74, 6) is -3.20. The van der Waals surface area contributed by atoms with Crippen molar-refractivity contribution in [3.05, 3.63) is 16.6 Å². The van der Waals surface area contributed by atoms with Gasteiger partial charge in [0.2, 0.25) is 5.91 Å². The average molecular weight is 297 g/mol. The van der Waals surface area contributed by atoms with E-state index in [1.807, 2.05) is 0 Å². The highest BCUT2D eigenvalue weighted by Gasteiger charge is 2.40. The number of thiazole rings is 1. The van der Waals surface area contributed by atoms with Crippen molar-refractivity contribution >= 4 is 23.2 Å². The fraction of sp³-hybridized carbons (Fsp3) is 0.444. The van der Waals surface area contributed by atoms with Gasteiger partial charge in [-0.2, -0.15) is 13.2 Å². The van der Waals surface area contributed by atoms with Crippen molar-refractivity contribution in [2.24, 2.45) is 0 Å². The van der Waals surface area contributed by atoms with Gasteiger partial charge < -0.3 is 15.7 Å². The molecule has 106 valence electrons. The van der Waals surface area contributed by atoms with Crippen LogP contribution in [0.3, 0.4) is 0 Å². The molecule has 1 atom stereocenters. The van der Waals surface area contributed by atoms with Crippen molar-refractivity contribution in [1.29, 1.82) is 0 Å². The van der Waals surface area contributed by atoms with Crippen LogP contribution in [0.2, 0.25) is 0 Å². The monoisotopic (exact) mass is 297 g/mol. The second kappa shape index (κ2) is 6.48. The topological polar surface area (TPSA) is 91.3 Å². The van der Waals surface area contributed by atoms with Crippen LogP contribution in [0, 0.1) is 0 Å². The lowest BCUT2D eigenvalue weighted by atomic mass is 10.3. The summed E-state index contributed by atoms with van der Waals surface area (Å²) in [6, 6.07) is -1.66. The van der Waals surface area contributed by atoms with Crippen molar-refractivity contribution in [2.75, 3.05) is 6.61 Å². The quantitative estimate of drug-likeness (QED) is 0.702. The lowest BCUT2D eigenvalue weighted by molar-refractivity contribution is -0.175. The first-order valence-electron chi connectivity index (χ1n) is 4.99. The van der Waals surface area contributed by atoms with Gasteiger partial charge in [-0.3, -0.25) is 9.59 Å². The van der Waals surface area contributed by atoms with E-state index in [1.54, 1.807) is 5.38 Å². The lowest BCUT2D eigenvalue weighted by Crippen LogP contribution is -2.52. The molecule has 1 heterocycles. The van der Waals surface area contributed by atoms with E-state index in [0.29, 0.717) is 5.01 Å². The zero-order valence-corrected chi connectivity index (χ0v) is 10.2. The van der Waals surface area contributed by atoms with E-state index in [1.165, 1.54) is 22.9 Å². The molecule has 0 spiro atoms. The van der Waals surface area contributed by atoms with E-state index < -0.39 is 30.6 Å². The van der Waals surface area contributed by atoms with E-state index in [-0.39, 0.29) is 6.54 Å². The van der Waals surface area contributed by atoms with E-state index in [4.69, 9.17) is 5.11 Å². The summed E-state index contributed by atoms with van der Waals surface area (Å²) in [6.07, 6.45) is -3.61. The maximum absolute atomic E-state index is 12.0. The van der Waals surface area contributed by atoms with Crippen LogP contribution in [0.15, 0.2) is 11.6 Å². The number of hydrogen-bond acceptors (Lipinski definition) is 5. The summed E-state index contributed by atoms with van der Waals surface area (Å²) >= 11 is 1.25. The Labute approximate surface area is 109 Å². The number of aliphatic hydroxyl groups is 1. The van der Waals surface area contributed by atoms with Gasteiger partial charge in [0.15, 0.2) is 0 Å². The average Bonchev–Trinajstić information content (AvgIpc) is 2.84. The van der Waals surface area contributed by atoms with E-state index in [2.05, 4.69) is 10.3 Å². The number of alkyl halides is 3. The molecular weight excluding hydrogens is 287 g/mol. The highest BCUT2D eigenvalue weighted by molar-refractivity contribution is 7.09. The predicted octanol–water partition coefficient (Wildman–Crippen LogP) is -0.201. The third kappa shape index (κ3) is 4.83. The Balaban J connectivity index is 2.50. The zero-order valence-electron chi connectivity index (χ0n) is 9.40. The summed E-state index contributed by atoms with van der Waals surface area (Å²) in [4.78, 5) is 25.9. The number of rotatable bonds is 5. The normalized spacial score (nSPS) is 12.8. The highest BCUT2D eigenvalue weighted by Crippen LogP contribution is 2.14. The smallest absolute Gasteiger partial charge is 0.394 e. The molecule has 2 amide bonds. The van der Waals surface area contributed by atoms with Gasteiger partial charge in [0, 0.05) is 11.6 Å². The van der Waals surface area contributed by atoms with Crippen LogP contribution < -0.4 is 10.6 Å². The van der Waals surface area contributed by atoms with Crippen LogP contribution in [0.25, 0.3) is 0 Å². The highest BCUT2D eigenvalue weighted by atomic mass is 32.1.